The lowest BCUT2D eigenvalue weighted by Gasteiger charge is -2.44. The highest BCUT2D eigenvalue weighted by Gasteiger charge is 2.44. The molecular formula is C25H25N3O4. The molecule has 2 aromatic carbocycles. The number of likely N-dealkylation sites (tertiary alicyclic amines) is 1. The Balaban J connectivity index is 1.32. The van der Waals surface area contributed by atoms with Crippen molar-refractivity contribution in [3.63, 3.8) is 0 Å². The number of nitrogens with one attached hydrogen (secondary N) is 1. The molecule has 7 nitrogen and oxygen atoms in total. The van der Waals surface area contributed by atoms with Crippen molar-refractivity contribution < 1.29 is 19.1 Å². The second kappa shape index (κ2) is 7.82. The first-order chi connectivity index (χ1) is 15.5. The summed E-state index contributed by atoms with van der Waals surface area (Å²) in [6.45, 7) is 3.03. The van der Waals surface area contributed by atoms with Crippen LogP contribution in [0.3, 0.4) is 0 Å². The number of rotatable bonds is 3. The van der Waals surface area contributed by atoms with Crippen LogP contribution < -0.4 is 9.47 Å². The average molecular weight is 431 g/mol. The quantitative estimate of drug-likeness (QED) is 0.677. The number of aromatic nitrogens is 2. The number of hydrogen-bond donors (Lipinski definition) is 1. The van der Waals surface area contributed by atoms with Gasteiger partial charge in [-0.05, 0) is 42.8 Å². The van der Waals surface area contributed by atoms with Crippen molar-refractivity contribution in [2.45, 2.75) is 31.8 Å². The summed E-state index contributed by atoms with van der Waals surface area (Å²) in [7, 11) is 1.57. The van der Waals surface area contributed by atoms with Crippen molar-refractivity contribution in [1.82, 2.24) is 15.1 Å². The van der Waals surface area contributed by atoms with Gasteiger partial charge in [0.15, 0.2) is 5.78 Å². The molecule has 1 amide bonds. The van der Waals surface area contributed by atoms with E-state index in [4.69, 9.17) is 9.47 Å². The summed E-state index contributed by atoms with van der Waals surface area (Å²) in [6, 6.07) is 13.1. The molecule has 1 aromatic heterocycles. The van der Waals surface area contributed by atoms with Crippen molar-refractivity contribution in [1.29, 1.82) is 0 Å². The van der Waals surface area contributed by atoms with Crippen LogP contribution in [0.25, 0.3) is 11.3 Å². The van der Waals surface area contributed by atoms with E-state index in [0.717, 1.165) is 16.8 Å². The molecule has 2 aliphatic heterocycles. The van der Waals surface area contributed by atoms with Crippen LogP contribution in [0.5, 0.6) is 11.5 Å². The molecule has 2 aliphatic rings. The summed E-state index contributed by atoms with van der Waals surface area (Å²) >= 11 is 0. The van der Waals surface area contributed by atoms with Crippen molar-refractivity contribution in [3.8, 4) is 22.8 Å². The zero-order chi connectivity index (χ0) is 22.3. The van der Waals surface area contributed by atoms with Crippen LogP contribution in [0.1, 0.15) is 45.5 Å². The molecular weight excluding hydrogens is 406 g/mol. The highest BCUT2D eigenvalue weighted by molar-refractivity contribution is 6.03. The Bertz CT molecular complexity index is 1180. The van der Waals surface area contributed by atoms with E-state index >= 15 is 0 Å². The number of carbonyl (C=O) groups excluding carboxylic acids is 2. The minimum Gasteiger partial charge on any atom is -0.496 e. The topological polar surface area (TPSA) is 84.5 Å². The Morgan fingerprint density at radius 2 is 2.00 bits per heavy atom. The van der Waals surface area contributed by atoms with Gasteiger partial charge in [-0.1, -0.05) is 12.1 Å². The lowest BCUT2D eigenvalue weighted by molar-refractivity contribution is -0.00602. The van der Waals surface area contributed by atoms with E-state index in [1.165, 1.54) is 0 Å². The van der Waals surface area contributed by atoms with Crippen LogP contribution in [0.4, 0.5) is 0 Å². The molecule has 0 saturated carbocycles. The number of amides is 1. The molecule has 3 heterocycles. The van der Waals surface area contributed by atoms with Gasteiger partial charge in [0, 0.05) is 43.3 Å². The second-order valence-corrected chi connectivity index (χ2v) is 8.56. The maximum absolute atomic E-state index is 13.2. The number of fused-ring (bicyclic) bond motifs is 1. The highest BCUT2D eigenvalue weighted by atomic mass is 16.5. The fourth-order valence-corrected chi connectivity index (χ4v) is 4.70. The van der Waals surface area contributed by atoms with Crippen molar-refractivity contribution >= 4 is 11.7 Å². The number of ether oxygens (including phenoxy) is 2. The number of benzene rings is 2. The van der Waals surface area contributed by atoms with E-state index in [0.29, 0.717) is 55.0 Å². The van der Waals surface area contributed by atoms with E-state index < -0.39 is 5.60 Å². The number of ketones is 1. The number of nitrogens with zero attached hydrogens (tertiary/aromatic N) is 2. The van der Waals surface area contributed by atoms with Crippen molar-refractivity contribution in [3.05, 3.63) is 65.4 Å². The number of piperidine rings is 1. The van der Waals surface area contributed by atoms with Gasteiger partial charge in [-0.2, -0.15) is 5.10 Å². The number of aryl methyl sites for hydroxylation is 1. The van der Waals surface area contributed by atoms with Gasteiger partial charge in [-0.25, -0.2) is 0 Å². The van der Waals surface area contributed by atoms with Gasteiger partial charge in [0.2, 0.25) is 0 Å². The molecule has 7 heteroatoms. The SMILES string of the molecule is COc1cc(C)cc2c1C(=O)CC1(CCN(C(=O)c3cccc(-c4cc[nH]n4)c3)CC1)O2. The summed E-state index contributed by atoms with van der Waals surface area (Å²) in [5.41, 5.74) is 3.26. The van der Waals surface area contributed by atoms with Gasteiger partial charge in [0.1, 0.15) is 22.7 Å². The first-order valence-electron chi connectivity index (χ1n) is 10.8. The van der Waals surface area contributed by atoms with Crippen LogP contribution >= 0.6 is 0 Å². The molecule has 1 N–H and O–H groups in total. The number of Topliss-reactive ketones (excluding diaryl/α,β-unsaturated/α-hetero) is 1. The summed E-state index contributed by atoms with van der Waals surface area (Å²) in [5.74, 6) is 1.17. The summed E-state index contributed by atoms with van der Waals surface area (Å²) in [6.07, 6.45) is 3.28. The standard InChI is InChI=1S/C25H25N3O4/c1-16-12-21(31-2)23-20(29)15-25(32-22(23)13-16)7-10-28(11-8-25)24(30)18-5-3-4-17(14-18)19-6-9-26-27-19/h3-6,9,12-14H,7-8,10-11,15H2,1-2H3,(H,26,27). The smallest absolute Gasteiger partial charge is 0.253 e. The largest absolute Gasteiger partial charge is 0.496 e. The molecule has 0 bridgehead atoms. The second-order valence-electron chi connectivity index (χ2n) is 8.56. The number of carbonyl (C=O) groups is 2. The zero-order valence-corrected chi connectivity index (χ0v) is 18.2. The third-order valence-electron chi connectivity index (χ3n) is 6.39. The first-order valence-corrected chi connectivity index (χ1v) is 10.8. The van der Waals surface area contributed by atoms with Crippen molar-refractivity contribution in [2.24, 2.45) is 0 Å². The lowest BCUT2D eigenvalue weighted by atomic mass is 9.82. The third kappa shape index (κ3) is 3.53. The first kappa shape index (κ1) is 20.3. The molecule has 0 unspecified atom stereocenters. The number of aromatic amines is 1. The van der Waals surface area contributed by atoms with Crippen LogP contribution in [-0.2, 0) is 0 Å². The van der Waals surface area contributed by atoms with Gasteiger partial charge >= 0.3 is 0 Å². The van der Waals surface area contributed by atoms with Gasteiger partial charge in [0.25, 0.3) is 5.91 Å². The fourth-order valence-electron chi connectivity index (χ4n) is 4.70. The van der Waals surface area contributed by atoms with Gasteiger partial charge in [0.05, 0.1) is 19.2 Å². The van der Waals surface area contributed by atoms with Gasteiger partial charge in [-0.15, -0.1) is 0 Å². The summed E-state index contributed by atoms with van der Waals surface area (Å²) in [4.78, 5) is 28.0. The fraction of sp³-hybridized carbons (Fsp3) is 0.320. The van der Waals surface area contributed by atoms with Crippen LogP contribution in [0.15, 0.2) is 48.7 Å². The predicted octanol–water partition coefficient (Wildman–Crippen LogP) is 4.03. The van der Waals surface area contributed by atoms with E-state index in [1.807, 2.05) is 54.3 Å². The predicted molar refractivity (Wildman–Crippen MR) is 119 cm³/mol. The van der Waals surface area contributed by atoms with E-state index in [1.54, 1.807) is 13.3 Å². The Morgan fingerprint density at radius 1 is 1.19 bits per heavy atom. The molecule has 1 spiro atoms. The molecule has 0 atom stereocenters. The number of methoxy groups -OCH3 is 1. The molecule has 32 heavy (non-hydrogen) atoms. The maximum Gasteiger partial charge on any atom is 0.253 e. The molecule has 3 aromatic rings. The molecule has 164 valence electrons. The zero-order valence-electron chi connectivity index (χ0n) is 18.2. The minimum atomic E-state index is -0.573. The van der Waals surface area contributed by atoms with Gasteiger partial charge in [-0.3, -0.25) is 14.7 Å². The number of hydrogen-bond acceptors (Lipinski definition) is 5. The highest BCUT2D eigenvalue weighted by Crippen LogP contribution is 2.43. The Labute approximate surface area is 186 Å². The summed E-state index contributed by atoms with van der Waals surface area (Å²) < 4.78 is 11.8. The van der Waals surface area contributed by atoms with Crippen LogP contribution in [0, 0.1) is 6.92 Å². The average Bonchev–Trinajstić information content (AvgIpc) is 3.33. The maximum atomic E-state index is 13.2. The van der Waals surface area contributed by atoms with Crippen LogP contribution in [-0.4, -0.2) is 52.6 Å². The van der Waals surface area contributed by atoms with Gasteiger partial charge < -0.3 is 14.4 Å². The van der Waals surface area contributed by atoms with E-state index in [9.17, 15) is 9.59 Å². The van der Waals surface area contributed by atoms with E-state index in [2.05, 4.69) is 10.2 Å². The molecule has 0 radical (unpaired) electrons. The normalized spacial score (nSPS) is 17.1. The third-order valence-corrected chi connectivity index (χ3v) is 6.39. The molecule has 0 aliphatic carbocycles. The minimum absolute atomic E-state index is 0.0164. The Morgan fingerprint density at radius 3 is 2.72 bits per heavy atom. The number of H-pyrrole nitrogens is 1. The lowest BCUT2D eigenvalue weighted by Crippen LogP contribution is -2.52. The molecule has 1 fully saturated rings. The molecule has 1 saturated heterocycles. The Hall–Kier alpha value is -3.61. The summed E-state index contributed by atoms with van der Waals surface area (Å²) in [5, 5.41) is 6.99. The Kier molecular flexibility index (Phi) is 4.96. The van der Waals surface area contributed by atoms with Crippen LogP contribution in [0.2, 0.25) is 0 Å². The monoisotopic (exact) mass is 431 g/mol. The van der Waals surface area contributed by atoms with E-state index in [-0.39, 0.29) is 11.7 Å². The molecule has 5 rings (SSSR count). The van der Waals surface area contributed by atoms with Crippen molar-refractivity contribution in [2.75, 3.05) is 20.2 Å².